The van der Waals surface area contributed by atoms with Crippen LogP contribution in [0.5, 0.6) is 5.75 Å². The lowest BCUT2D eigenvalue weighted by molar-refractivity contribution is -0.142. The number of nitrogens with zero attached hydrogens (tertiary/aromatic N) is 1. The van der Waals surface area contributed by atoms with E-state index < -0.39 is 6.04 Å². The third-order valence-electron chi connectivity index (χ3n) is 5.31. The van der Waals surface area contributed by atoms with Crippen molar-refractivity contribution in [3.63, 3.8) is 0 Å². The smallest absolute Gasteiger partial charge is 0.261 e. The van der Waals surface area contributed by atoms with E-state index in [1.165, 1.54) is 4.90 Å². The van der Waals surface area contributed by atoms with Crippen LogP contribution in [0.2, 0.25) is 15.1 Å². The lowest BCUT2D eigenvalue weighted by atomic mass is 10.0. The highest BCUT2D eigenvalue weighted by Gasteiger charge is 2.30. The van der Waals surface area contributed by atoms with Crippen LogP contribution in [-0.2, 0) is 22.6 Å². The van der Waals surface area contributed by atoms with Crippen LogP contribution in [-0.4, -0.2) is 35.9 Å². The molecule has 5 nitrogen and oxygen atoms in total. The predicted molar refractivity (Wildman–Crippen MR) is 141 cm³/mol. The molecule has 0 heterocycles. The minimum absolute atomic E-state index is 0.189. The minimum atomic E-state index is -0.750. The van der Waals surface area contributed by atoms with Crippen molar-refractivity contribution in [3.8, 4) is 5.75 Å². The molecule has 0 aromatic heterocycles. The van der Waals surface area contributed by atoms with Crippen LogP contribution in [0.4, 0.5) is 0 Å². The van der Waals surface area contributed by atoms with Crippen molar-refractivity contribution in [2.75, 3.05) is 13.2 Å². The van der Waals surface area contributed by atoms with Crippen LogP contribution in [0.25, 0.3) is 0 Å². The van der Waals surface area contributed by atoms with Gasteiger partial charge in [0.15, 0.2) is 6.61 Å². The lowest BCUT2D eigenvalue weighted by Crippen LogP contribution is -2.51. The Balaban J connectivity index is 1.90. The number of hydrogen-bond acceptors (Lipinski definition) is 3. The van der Waals surface area contributed by atoms with Crippen molar-refractivity contribution >= 4 is 46.6 Å². The quantitative estimate of drug-likeness (QED) is 0.320. The third-order valence-corrected chi connectivity index (χ3v) is 6.07. The van der Waals surface area contributed by atoms with Crippen LogP contribution < -0.4 is 10.1 Å². The van der Waals surface area contributed by atoms with Gasteiger partial charge in [0, 0.05) is 29.6 Å². The molecule has 184 valence electrons. The number of hydrogen-bond donors (Lipinski definition) is 1. The van der Waals surface area contributed by atoms with Gasteiger partial charge < -0.3 is 15.0 Å². The van der Waals surface area contributed by atoms with Gasteiger partial charge in [-0.05, 0) is 47.9 Å². The van der Waals surface area contributed by atoms with Gasteiger partial charge in [0.1, 0.15) is 11.8 Å². The van der Waals surface area contributed by atoms with Gasteiger partial charge in [-0.3, -0.25) is 9.59 Å². The summed E-state index contributed by atoms with van der Waals surface area (Å²) in [5.74, 6) is -0.249. The number of halogens is 3. The highest BCUT2D eigenvalue weighted by Crippen LogP contribution is 2.27. The number of nitrogens with one attached hydrogen (secondary N) is 1. The number of carbonyl (C=O) groups excluding carboxylic acids is 2. The van der Waals surface area contributed by atoms with Gasteiger partial charge >= 0.3 is 0 Å². The van der Waals surface area contributed by atoms with E-state index in [1.54, 1.807) is 30.3 Å². The Labute approximate surface area is 220 Å². The topological polar surface area (TPSA) is 58.6 Å². The van der Waals surface area contributed by atoms with E-state index in [0.29, 0.717) is 33.8 Å². The fraction of sp³-hybridized carbons (Fsp3) is 0.259. The molecular formula is C27H27Cl3N2O3. The Kier molecular flexibility index (Phi) is 10.3. The van der Waals surface area contributed by atoms with Crippen molar-refractivity contribution in [3.05, 3.63) is 99.0 Å². The Bertz CT molecular complexity index is 1140. The molecule has 0 saturated carbocycles. The van der Waals surface area contributed by atoms with Crippen LogP contribution in [0.1, 0.15) is 24.5 Å². The van der Waals surface area contributed by atoms with Crippen LogP contribution in [0, 0.1) is 0 Å². The van der Waals surface area contributed by atoms with Gasteiger partial charge in [-0.1, -0.05) is 84.2 Å². The first-order chi connectivity index (χ1) is 16.9. The maximum absolute atomic E-state index is 13.5. The summed E-state index contributed by atoms with van der Waals surface area (Å²) in [7, 11) is 0. The second-order valence-electron chi connectivity index (χ2n) is 8.01. The predicted octanol–water partition coefficient (Wildman–Crippen LogP) is 6.19. The zero-order chi connectivity index (χ0) is 25.2. The molecule has 1 atom stereocenters. The zero-order valence-electron chi connectivity index (χ0n) is 19.3. The SMILES string of the molecule is CCCNC(=O)[C@@H](Cc1ccccc1)N(Cc1cccc(Cl)c1)C(=O)COc1ccc(Cl)cc1Cl. The zero-order valence-corrected chi connectivity index (χ0v) is 21.6. The van der Waals surface area contributed by atoms with Gasteiger partial charge in [-0.25, -0.2) is 0 Å². The summed E-state index contributed by atoms with van der Waals surface area (Å²) >= 11 is 18.3. The van der Waals surface area contributed by atoms with E-state index >= 15 is 0 Å². The first-order valence-electron chi connectivity index (χ1n) is 11.3. The highest BCUT2D eigenvalue weighted by molar-refractivity contribution is 6.35. The molecule has 3 aromatic carbocycles. The summed E-state index contributed by atoms with van der Waals surface area (Å²) in [6.07, 6.45) is 1.13. The molecule has 3 rings (SSSR count). The molecule has 3 aromatic rings. The number of benzene rings is 3. The Hall–Kier alpha value is -2.73. The van der Waals surface area contributed by atoms with Gasteiger partial charge in [0.05, 0.1) is 5.02 Å². The fourth-order valence-electron chi connectivity index (χ4n) is 3.57. The van der Waals surface area contributed by atoms with E-state index in [4.69, 9.17) is 39.5 Å². The molecular weight excluding hydrogens is 507 g/mol. The second-order valence-corrected chi connectivity index (χ2v) is 9.29. The molecule has 2 amide bonds. The van der Waals surface area contributed by atoms with Gasteiger partial charge in [-0.15, -0.1) is 0 Å². The summed E-state index contributed by atoms with van der Waals surface area (Å²) in [6, 6.07) is 20.9. The monoisotopic (exact) mass is 532 g/mol. The Morgan fingerprint density at radius 1 is 0.914 bits per heavy atom. The molecule has 0 aliphatic carbocycles. The number of rotatable bonds is 11. The largest absolute Gasteiger partial charge is 0.482 e. The first-order valence-corrected chi connectivity index (χ1v) is 12.4. The molecule has 0 unspecified atom stereocenters. The van der Waals surface area contributed by atoms with Crippen molar-refractivity contribution in [2.24, 2.45) is 0 Å². The molecule has 0 aliphatic rings. The molecule has 0 radical (unpaired) electrons. The number of ether oxygens (including phenoxy) is 1. The summed E-state index contributed by atoms with van der Waals surface area (Å²) in [6.45, 7) is 2.38. The van der Waals surface area contributed by atoms with E-state index in [1.807, 2.05) is 49.4 Å². The van der Waals surface area contributed by atoms with Crippen molar-refractivity contribution in [1.82, 2.24) is 10.2 Å². The maximum Gasteiger partial charge on any atom is 0.261 e. The second kappa shape index (κ2) is 13.4. The number of amides is 2. The van der Waals surface area contributed by atoms with Crippen LogP contribution in [0.15, 0.2) is 72.8 Å². The molecule has 1 N–H and O–H groups in total. The summed E-state index contributed by atoms with van der Waals surface area (Å²) in [5.41, 5.74) is 1.74. The van der Waals surface area contributed by atoms with Gasteiger partial charge in [0.25, 0.3) is 5.91 Å². The summed E-state index contributed by atoms with van der Waals surface area (Å²) in [4.78, 5) is 28.3. The van der Waals surface area contributed by atoms with Crippen molar-refractivity contribution in [2.45, 2.75) is 32.4 Å². The number of carbonyl (C=O) groups is 2. The minimum Gasteiger partial charge on any atom is -0.482 e. The fourth-order valence-corrected chi connectivity index (χ4v) is 4.24. The third kappa shape index (κ3) is 8.17. The molecule has 35 heavy (non-hydrogen) atoms. The van der Waals surface area contributed by atoms with Crippen LogP contribution >= 0.6 is 34.8 Å². The van der Waals surface area contributed by atoms with E-state index in [9.17, 15) is 9.59 Å². The highest BCUT2D eigenvalue weighted by atomic mass is 35.5. The summed E-state index contributed by atoms with van der Waals surface area (Å²) in [5, 5.41) is 4.25. The Morgan fingerprint density at radius 3 is 2.31 bits per heavy atom. The first kappa shape index (κ1) is 26.9. The van der Waals surface area contributed by atoms with E-state index in [2.05, 4.69) is 5.32 Å². The van der Waals surface area contributed by atoms with Crippen LogP contribution in [0.3, 0.4) is 0 Å². The summed E-state index contributed by atoms with van der Waals surface area (Å²) < 4.78 is 5.72. The molecule has 8 heteroatoms. The van der Waals surface area contributed by atoms with Crippen molar-refractivity contribution in [1.29, 1.82) is 0 Å². The molecule has 0 bridgehead atoms. The molecule has 0 fully saturated rings. The standard InChI is InChI=1S/C27H27Cl3N2O3/c1-2-13-31-27(34)24(15-19-7-4-3-5-8-19)32(17-20-9-6-10-21(28)14-20)26(33)18-35-25-12-11-22(29)16-23(25)30/h3-12,14,16,24H,2,13,15,17-18H2,1H3,(H,31,34)/t24-/m1/s1. The van der Waals surface area contributed by atoms with Gasteiger partial charge in [-0.2, -0.15) is 0 Å². The molecule has 0 aliphatic heterocycles. The average Bonchev–Trinajstić information content (AvgIpc) is 2.84. The van der Waals surface area contributed by atoms with Crippen molar-refractivity contribution < 1.29 is 14.3 Å². The molecule has 0 spiro atoms. The van der Waals surface area contributed by atoms with E-state index in [0.717, 1.165) is 17.5 Å². The Morgan fingerprint density at radius 2 is 1.63 bits per heavy atom. The lowest BCUT2D eigenvalue weighted by Gasteiger charge is -2.31. The molecule has 0 saturated heterocycles. The maximum atomic E-state index is 13.5. The van der Waals surface area contributed by atoms with E-state index in [-0.39, 0.29) is 25.0 Å². The van der Waals surface area contributed by atoms with Gasteiger partial charge in [0.2, 0.25) is 5.91 Å². The normalized spacial score (nSPS) is 11.5. The average molecular weight is 534 g/mol.